The van der Waals surface area contributed by atoms with E-state index in [4.69, 9.17) is 0 Å². The van der Waals surface area contributed by atoms with Gasteiger partial charge in [-0.05, 0) is 44.7 Å². The molecule has 1 N–H and O–H groups in total. The van der Waals surface area contributed by atoms with Gasteiger partial charge in [-0.15, -0.1) is 0 Å². The Morgan fingerprint density at radius 1 is 1.06 bits per heavy atom. The summed E-state index contributed by atoms with van der Waals surface area (Å²) >= 11 is 0. The highest BCUT2D eigenvalue weighted by Crippen LogP contribution is 2.22. The molecule has 0 aromatic carbocycles. The van der Waals surface area contributed by atoms with Gasteiger partial charge in [0.25, 0.3) is 0 Å². The highest BCUT2D eigenvalue weighted by atomic mass is 15.1. The minimum atomic E-state index is 0.344. The molecule has 0 aliphatic heterocycles. The van der Waals surface area contributed by atoms with Gasteiger partial charge in [-0.1, -0.05) is 41.5 Å². The molecule has 0 aromatic rings. The van der Waals surface area contributed by atoms with Gasteiger partial charge in [-0.25, -0.2) is 0 Å². The zero-order chi connectivity index (χ0) is 14.3. The summed E-state index contributed by atoms with van der Waals surface area (Å²) in [6, 6.07) is 1.26. The monoisotopic (exact) mass is 256 g/mol. The van der Waals surface area contributed by atoms with E-state index in [2.05, 4.69) is 65.6 Å². The third-order valence-corrected chi connectivity index (χ3v) is 3.53. The van der Waals surface area contributed by atoms with E-state index in [0.29, 0.717) is 17.5 Å². The molecule has 0 aliphatic rings. The fourth-order valence-corrected chi connectivity index (χ4v) is 2.41. The number of nitrogens with zero attached hydrogens (tertiary/aromatic N) is 1. The van der Waals surface area contributed by atoms with Crippen molar-refractivity contribution in [2.24, 2.45) is 11.3 Å². The lowest BCUT2D eigenvalue weighted by molar-refractivity contribution is 0.164. The van der Waals surface area contributed by atoms with Crippen LogP contribution in [-0.4, -0.2) is 36.6 Å². The van der Waals surface area contributed by atoms with Crippen LogP contribution in [-0.2, 0) is 0 Å². The Bertz CT molecular complexity index is 204. The molecule has 1 atom stereocenters. The molecule has 0 spiro atoms. The Balaban J connectivity index is 4.37. The molecule has 2 nitrogen and oxygen atoms in total. The molecule has 18 heavy (non-hydrogen) atoms. The maximum atomic E-state index is 3.64. The number of hydrogen-bond acceptors (Lipinski definition) is 2. The summed E-state index contributed by atoms with van der Waals surface area (Å²) in [5.74, 6) is 0.750. The highest BCUT2D eigenvalue weighted by molar-refractivity contribution is 4.81. The van der Waals surface area contributed by atoms with Crippen molar-refractivity contribution in [1.29, 1.82) is 0 Å². The van der Waals surface area contributed by atoms with E-state index in [0.717, 1.165) is 12.5 Å². The Morgan fingerprint density at radius 3 is 1.94 bits per heavy atom. The van der Waals surface area contributed by atoms with Crippen LogP contribution in [0, 0.1) is 11.3 Å². The molecule has 0 amide bonds. The first kappa shape index (κ1) is 17.9. The zero-order valence-corrected chi connectivity index (χ0v) is 14.0. The average Bonchev–Trinajstić information content (AvgIpc) is 2.19. The summed E-state index contributed by atoms with van der Waals surface area (Å²) in [7, 11) is 0. The minimum absolute atomic E-state index is 0.344. The van der Waals surface area contributed by atoms with Gasteiger partial charge in [-0.3, -0.25) is 0 Å². The molecule has 0 aliphatic carbocycles. The van der Waals surface area contributed by atoms with Gasteiger partial charge in [-0.2, -0.15) is 0 Å². The quantitative estimate of drug-likeness (QED) is 0.711. The Kier molecular flexibility index (Phi) is 8.13. The van der Waals surface area contributed by atoms with Gasteiger partial charge >= 0.3 is 0 Å². The second kappa shape index (κ2) is 8.16. The third-order valence-electron chi connectivity index (χ3n) is 3.53. The first-order valence-electron chi connectivity index (χ1n) is 7.65. The molecule has 0 saturated heterocycles. The first-order chi connectivity index (χ1) is 8.18. The van der Waals surface area contributed by atoms with Gasteiger partial charge in [0.05, 0.1) is 0 Å². The van der Waals surface area contributed by atoms with E-state index in [1.807, 2.05) is 0 Å². The van der Waals surface area contributed by atoms with E-state index in [1.54, 1.807) is 0 Å². The first-order valence-corrected chi connectivity index (χ1v) is 7.65. The van der Waals surface area contributed by atoms with Crippen molar-refractivity contribution < 1.29 is 0 Å². The lowest BCUT2D eigenvalue weighted by Crippen LogP contribution is -2.44. The van der Waals surface area contributed by atoms with Crippen LogP contribution in [0.1, 0.15) is 61.8 Å². The molecule has 0 bridgehead atoms. The van der Waals surface area contributed by atoms with Gasteiger partial charge < -0.3 is 10.2 Å². The normalized spacial score (nSPS) is 14.8. The van der Waals surface area contributed by atoms with Gasteiger partial charge in [0.15, 0.2) is 0 Å². The van der Waals surface area contributed by atoms with Crippen LogP contribution in [0.3, 0.4) is 0 Å². The van der Waals surface area contributed by atoms with Crippen molar-refractivity contribution in [1.82, 2.24) is 10.2 Å². The number of nitrogens with one attached hydrogen (secondary N) is 1. The topological polar surface area (TPSA) is 15.3 Å². The Labute approximate surface area is 116 Å². The molecule has 0 heterocycles. The summed E-state index contributed by atoms with van der Waals surface area (Å²) in [5, 5.41) is 3.64. The molecule has 1 unspecified atom stereocenters. The van der Waals surface area contributed by atoms with Crippen LogP contribution in [0.4, 0.5) is 0 Å². The summed E-state index contributed by atoms with van der Waals surface area (Å²) < 4.78 is 0. The smallest absolute Gasteiger partial charge is 0.0128 e. The van der Waals surface area contributed by atoms with Gasteiger partial charge in [0.2, 0.25) is 0 Å². The van der Waals surface area contributed by atoms with Crippen molar-refractivity contribution in [3.63, 3.8) is 0 Å². The van der Waals surface area contributed by atoms with Crippen molar-refractivity contribution in [3.8, 4) is 0 Å². The molecule has 0 rings (SSSR count). The van der Waals surface area contributed by atoms with E-state index in [1.165, 1.54) is 19.5 Å². The zero-order valence-electron chi connectivity index (χ0n) is 14.0. The van der Waals surface area contributed by atoms with Crippen molar-refractivity contribution in [2.45, 2.75) is 73.9 Å². The highest BCUT2D eigenvalue weighted by Gasteiger charge is 2.24. The van der Waals surface area contributed by atoms with Crippen molar-refractivity contribution in [2.75, 3.05) is 19.6 Å². The predicted octanol–water partition coefficient (Wildman–Crippen LogP) is 3.77. The lowest BCUT2D eigenvalue weighted by Gasteiger charge is -2.35. The molecule has 110 valence electrons. The Morgan fingerprint density at radius 2 is 1.61 bits per heavy atom. The molecule has 0 fully saturated rings. The average molecular weight is 256 g/mol. The fourth-order valence-electron chi connectivity index (χ4n) is 2.41. The largest absolute Gasteiger partial charge is 0.314 e. The molecule has 0 radical (unpaired) electrons. The molecular formula is C16H36N2. The SMILES string of the molecule is CCNC(CCN(CC(C)C)C(C)C)C(C)(C)C. The van der Waals surface area contributed by atoms with Crippen LogP contribution in [0.25, 0.3) is 0 Å². The fraction of sp³-hybridized carbons (Fsp3) is 1.00. The Hall–Kier alpha value is -0.0800. The van der Waals surface area contributed by atoms with Gasteiger partial charge in [0, 0.05) is 18.6 Å². The second-order valence-electron chi connectivity index (χ2n) is 7.25. The van der Waals surface area contributed by atoms with Crippen LogP contribution in [0.2, 0.25) is 0 Å². The standard InChI is InChI=1S/C16H36N2/c1-9-17-15(16(6,7)8)10-11-18(14(4)5)12-13(2)3/h13-15,17H,9-12H2,1-8H3. The lowest BCUT2D eigenvalue weighted by atomic mass is 9.84. The van der Waals surface area contributed by atoms with E-state index in [-0.39, 0.29) is 0 Å². The van der Waals surface area contributed by atoms with E-state index < -0.39 is 0 Å². The molecule has 0 saturated carbocycles. The van der Waals surface area contributed by atoms with Gasteiger partial charge in [0.1, 0.15) is 0 Å². The summed E-state index contributed by atoms with van der Waals surface area (Å²) in [5.41, 5.74) is 0.344. The summed E-state index contributed by atoms with van der Waals surface area (Å²) in [6.07, 6.45) is 1.24. The summed E-state index contributed by atoms with van der Waals surface area (Å²) in [6.45, 7) is 21.9. The van der Waals surface area contributed by atoms with E-state index in [9.17, 15) is 0 Å². The number of rotatable bonds is 8. The molecular weight excluding hydrogens is 220 g/mol. The molecule has 2 heteroatoms. The third kappa shape index (κ3) is 7.38. The van der Waals surface area contributed by atoms with E-state index >= 15 is 0 Å². The molecule has 0 aromatic heterocycles. The summed E-state index contributed by atoms with van der Waals surface area (Å²) in [4.78, 5) is 2.61. The van der Waals surface area contributed by atoms with Crippen LogP contribution in [0.15, 0.2) is 0 Å². The van der Waals surface area contributed by atoms with Crippen molar-refractivity contribution >= 4 is 0 Å². The maximum absolute atomic E-state index is 3.64. The number of hydrogen-bond donors (Lipinski definition) is 1. The van der Waals surface area contributed by atoms with Crippen molar-refractivity contribution in [3.05, 3.63) is 0 Å². The minimum Gasteiger partial charge on any atom is -0.314 e. The predicted molar refractivity (Wildman–Crippen MR) is 83.1 cm³/mol. The van der Waals surface area contributed by atoms with Crippen LogP contribution >= 0.6 is 0 Å². The maximum Gasteiger partial charge on any atom is 0.0128 e. The van der Waals surface area contributed by atoms with Crippen LogP contribution < -0.4 is 5.32 Å². The van der Waals surface area contributed by atoms with Crippen LogP contribution in [0.5, 0.6) is 0 Å². The second-order valence-corrected chi connectivity index (χ2v) is 7.25.